The van der Waals surface area contributed by atoms with Crippen LogP contribution in [0.5, 0.6) is 0 Å². The highest BCUT2D eigenvalue weighted by Crippen LogP contribution is 2.23. The second kappa shape index (κ2) is 6.63. The molecule has 0 spiro atoms. The predicted molar refractivity (Wildman–Crippen MR) is 80.3 cm³/mol. The third-order valence-electron chi connectivity index (χ3n) is 2.99. The summed E-state index contributed by atoms with van der Waals surface area (Å²) < 4.78 is 12.9. The lowest BCUT2D eigenvalue weighted by molar-refractivity contribution is -0.114. The summed E-state index contributed by atoms with van der Waals surface area (Å²) in [6.45, 7) is 4.18. The molecule has 0 bridgehead atoms. The van der Waals surface area contributed by atoms with Crippen LogP contribution < -0.4 is 10.6 Å². The predicted octanol–water partition coefficient (Wildman–Crippen LogP) is 3.70. The summed E-state index contributed by atoms with van der Waals surface area (Å²) in [5.74, 6) is -0.302. The van der Waals surface area contributed by atoms with Crippen LogP contribution >= 0.6 is 11.3 Å². The normalized spacial score (nSPS) is 12.2. The Kier molecular flexibility index (Phi) is 4.87. The van der Waals surface area contributed by atoms with Gasteiger partial charge in [-0.2, -0.15) is 0 Å². The van der Waals surface area contributed by atoms with Gasteiger partial charge in [-0.25, -0.2) is 4.39 Å². The molecule has 0 unspecified atom stereocenters. The van der Waals surface area contributed by atoms with E-state index in [2.05, 4.69) is 10.6 Å². The van der Waals surface area contributed by atoms with Gasteiger partial charge in [-0.15, -0.1) is 11.3 Å². The molecule has 1 heterocycles. The molecule has 1 aromatic heterocycles. The second-order valence-electron chi connectivity index (χ2n) is 4.59. The van der Waals surface area contributed by atoms with Gasteiger partial charge >= 0.3 is 0 Å². The maximum Gasteiger partial charge on any atom is 0.221 e. The van der Waals surface area contributed by atoms with Gasteiger partial charge in [0, 0.05) is 24.4 Å². The SMILES string of the molecule is CC(=O)Nc1ccsc1CN[C@H](C)c1ccc(F)cc1. The standard InChI is InChI=1S/C15H17FN2OS/c1-10(12-3-5-13(16)6-4-12)17-9-15-14(7-8-20-15)18-11(2)19/h3-8,10,17H,9H2,1-2H3,(H,18,19)/t10-/m1/s1. The molecule has 0 aliphatic carbocycles. The lowest BCUT2D eigenvalue weighted by atomic mass is 10.1. The molecular weight excluding hydrogens is 275 g/mol. The van der Waals surface area contributed by atoms with Gasteiger partial charge in [-0.05, 0) is 36.1 Å². The highest BCUT2D eigenvalue weighted by molar-refractivity contribution is 7.10. The molecular formula is C15H17FN2OS. The Morgan fingerprint density at radius 2 is 2.00 bits per heavy atom. The first kappa shape index (κ1) is 14.7. The first-order valence-electron chi connectivity index (χ1n) is 6.39. The molecule has 0 radical (unpaired) electrons. The maximum atomic E-state index is 12.9. The van der Waals surface area contributed by atoms with Gasteiger partial charge in [0.05, 0.1) is 5.69 Å². The molecule has 0 aliphatic rings. The van der Waals surface area contributed by atoms with Crippen molar-refractivity contribution in [1.29, 1.82) is 0 Å². The van der Waals surface area contributed by atoms with Crippen LogP contribution in [-0.2, 0) is 11.3 Å². The van der Waals surface area contributed by atoms with Crippen LogP contribution in [0.15, 0.2) is 35.7 Å². The highest BCUT2D eigenvalue weighted by Gasteiger charge is 2.09. The van der Waals surface area contributed by atoms with Crippen molar-refractivity contribution in [3.05, 3.63) is 52.0 Å². The molecule has 1 amide bonds. The fraction of sp³-hybridized carbons (Fsp3) is 0.267. The number of hydrogen-bond donors (Lipinski definition) is 2. The van der Waals surface area contributed by atoms with Crippen molar-refractivity contribution in [2.24, 2.45) is 0 Å². The minimum atomic E-state index is -0.229. The quantitative estimate of drug-likeness (QED) is 0.882. The van der Waals surface area contributed by atoms with Crippen molar-refractivity contribution in [3.8, 4) is 0 Å². The number of nitrogens with one attached hydrogen (secondary N) is 2. The van der Waals surface area contributed by atoms with Crippen LogP contribution in [0, 0.1) is 5.82 Å². The Labute approximate surface area is 121 Å². The van der Waals surface area contributed by atoms with Crippen molar-refractivity contribution in [2.45, 2.75) is 26.4 Å². The summed E-state index contributed by atoms with van der Waals surface area (Å²) >= 11 is 1.59. The number of thiophene rings is 1. The zero-order valence-corrected chi connectivity index (χ0v) is 12.3. The molecule has 2 N–H and O–H groups in total. The van der Waals surface area contributed by atoms with Crippen LogP contribution in [0.4, 0.5) is 10.1 Å². The Hall–Kier alpha value is -1.72. The van der Waals surface area contributed by atoms with E-state index < -0.39 is 0 Å². The van der Waals surface area contributed by atoms with E-state index in [1.165, 1.54) is 19.1 Å². The van der Waals surface area contributed by atoms with E-state index in [0.29, 0.717) is 6.54 Å². The van der Waals surface area contributed by atoms with E-state index in [9.17, 15) is 9.18 Å². The first-order chi connectivity index (χ1) is 9.56. The lowest BCUT2D eigenvalue weighted by Gasteiger charge is -2.14. The third-order valence-corrected chi connectivity index (χ3v) is 3.92. The summed E-state index contributed by atoms with van der Waals surface area (Å²) in [7, 11) is 0. The minimum absolute atomic E-state index is 0.0729. The van der Waals surface area contributed by atoms with Gasteiger partial charge in [-0.3, -0.25) is 4.79 Å². The summed E-state index contributed by atoms with van der Waals surface area (Å²) in [5, 5.41) is 8.13. The molecule has 1 atom stereocenters. The van der Waals surface area contributed by atoms with Gasteiger partial charge in [0.15, 0.2) is 0 Å². The van der Waals surface area contributed by atoms with Crippen LogP contribution in [0.3, 0.4) is 0 Å². The summed E-state index contributed by atoms with van der Waals surface area (Å²) in [4.78, 5) is 12.2. The lowest BCUT2D eigenvalue weighted by Crippen LogP contribution is -2.18. The Morgan fingerprint density at radius 3 is 2.65 bits per heavy atom. The van der Waals surface area contributed by atoms with Crippen LogP contribution in [-0.4, -0.2) is 5.91 Å². The zero-order chi connectivity index (χ0) is 14.5. The Balaban J connectivity index is 1.96. The summed E-state index contributed by atoms with van der Waals surface area (Å²) in [5.41, 5.74) is 1.88. The molecule has 0 fully saturated rings. The number of carbonyl (C=O) groups is 1. The summed E-state index contributed by atoms with van der Waals surface area (Å²) in [6, 6.07) is 8.48. The Morgan fingerprint density at radius 1 is 1.30 bits per heavy atom. The van der Waals surface area contributed by atoms with E-state index in [4.69, 9.17) is 0 Å². The average Bonchev–Trinajstić information content (AvgIpc) is 2.83. The van der Waals surface area contributed by atoms with Gasteiger partial charge in [-0.1, -0.05) is 12.1 Å². The second-order valence-corrected chi connectivity index (χ2v) is 5.59. The number of halogens is 1. The van der Waals surface area contributed by atoms with E-state index in [1.807, 2.05) is 18.4 Å². The maximum absolute atomic E-state index is 12.9. The number of amides is 1. The van der Waals surface area contributed by atoms with Gasteiger partial charge in [0.1, 0.15) is 5.82 Å². The molecule has 0 aliphatic heterocycles. The van der Waals surface area contributed by atoms with Crippen molar-refractivity contribution < 1.29 is 9.18 Å². The molecule has 2 aromatic rings. The van der Waals surface area contributed by atoms with Crippen LogP contribution in [0.2, 0.25) is 0 Å². The van der Waals surface area contributed by atoms with Gasteiger partial charge in [0.2, 0.25) is 5.91 Å². The largest absolute Gasteiger partial charge is 0.325 e. The van der Waals surface area contributed by atoms with Crippen molar-refractivity contribution in [3.63, 3.8) is 0 Å². The van der Waals surface area contributed by atoms with Crippen molar-refractivity contribution >= 4 is 22.9 Å². The fourth-order valence-electron chi connectivity index (χ4n) is 1.89. The molecule has 2 rings (SSSR count). The number of benzene rings is 1. The van der Waals surface area contributed by atoms with E-state index in [0.717, 1.165) is 16.1 Å². The number of anilines is 1. The topological polar surface area (TPSA) is 41.1 Å². The molecule has 3 nitrogen and oxygen atoms in total. The number of hydrogen-bond acceptors (Lipinski definition) is 3. The van der Waals surface area contributed by atoms with Crippen LogP contribution in [0.1, 0.15) is 30.3 Å². The van der Waals surface area contributed by atoms with E-state index in [1.54, 1.807) is 23.5 Å². The van der Waals surface area contributed by atoms with Crippen molar-refractivity contribution in [1.82, 2.24) is 5.32 Å². The average molecular weight is 292 g/mol. The van der Waals surface area contributed by atoms with Gasteiger partial charge < -0.3 is 10.6 Å². The number of rotatable bonds is 5. The van der Waals surface area contributed by atoms with Crippen LogP contribution in [0.25, 0.3) is 0 Å². The third kappa shape index (κ3) is 3.88. The molecule has 1 aromatic carbocycles. The Bertz CT molecular complexity index is 580. The van der Waals surface area contributed by atoms with Gasteiger partial charge in [0.25, 0.3) is 0 Å². The fourth-order valence-corrected chi connectivity index (χ4v) is 2.67. The smallest absolute Gasteiger partial charge is 0.221 e. The molecule has 0 saturated heterocycles. The highest BCUT2D eigenvalue weighted by atomic mass is 32.1. The summed E-state index contributed by atoms with van der Waals surface area (Å²) in [6.07, 6.45) is 0. The minimum Gasteiger partial charge on any atom is -0.325 e. The molecule has 0 saturated carbocycles. The molecule has 20 heavy (non-hydrogen) atoms. The van der Waals surface area contributed by atoms with Crippen molar-refractivity contribution in [2.75, 3.05) is 5.32 Å². The number of carbonyl (C=O) groups excluding carboxylic acids is 1. The molecule has 5 heteroatoms. The zero-order valence-electron chi connectivity index (χ0n) is 11.4. The van der Waals surface area contributed by atoms with E-state index >= 15 is 0 Å². The molecule has 106 valence electrons. The monoisotopic (exact) mass is 292 g/mol. The first-order valence-corrected chi connectivity index (χ1v) is 7.27. The van der Waals surface area contributed by atoms with E-state index in [-0.39, 0.29) is 17.8 Å².